The van der Waals surface area contributed by atoms with Gasteiger partial charge in [0.25, 0.3) is 0 Å². The average molecular weight is 271 g/mol. The first-order valence-electron chi connectivity index (χ1n) is 5.90. The number of hydrogen-bond donors (Lipinski definition) is 1. The summed E-state index contributed by atoms with van der Waals surface area (Å²) >= 11 is 1.28. The molecule has 0 saturated heterocycles. The molecule has 2 aromatic rings. The highest BCUT2D eigenvalue weighted by atomic mass is 32.2. The fourth-order valence-corrected chi connectivity index (χ4v) is 2.16. The van der Waals surface area contributed by atoms with Gasteiger partial charge in [0.05, 0.1) is 5.52 Å². The molecule has 0 unspecified atom stereocenters. The molecule has 0 fully saturated rings. The van der Waals surface area contributed by atoms with E-state index in [2.05, 4.69) is 16.8 Å². The van der Waals surface area contributed by atoms with Gasteiger partial charge in [-0.2, -0.15) is 0 Å². The number of carbonyl (C=O) groups is 1. The van der Waals surface area contributed by atoms with Crippen molar-refractivity contribution in [2.24, 2.45) is 0 Å². The summed E-state index contributed by atoms with van der Waals surface area (Å²) < 4.78 is 0. The minimum Gasteiger partial charge on any atom is -0.361 e. The second-order valence-corrected chi connectivity index (χ2v) is 5.27. The molecular weight excluding hydrogens is 258 g/mol. The van der Waals surface area contributed by atoms with Crippen LogP contribution < -0.4 is 5.43 Å². The van der Waals surface area contributed by atoms with E-state index >= 15 is 0 Å². The van der Waals surface area contributed by atoms with Crippen LogP contribution in [-0.4, -0.2) is 15.9 Å². The van der Waals surface area contributed by atoms with Crippen LogP contribution in [0.25, 0.3) is 10.9 Å². The Morgan fingerprint density at radius 1 is 1.37 bits per heavy atom. The summed E-state index contributed by atoms with van der Waals surface area (Å²) in [6.07, 6.45) is 2.30. The van der Waals surface area contributed by atoms with Crippen molar-refractivity contribution in [3.63, 3.8) is 0 Å². The van der Waals surface area contributed by atoms with Gasteiger partial charge in [0, 0.05) is 42.3 Å². The number of hydrogen-bond acceptors (Lipinski definition) is 3. The number of carbonyl (C=O) groups excluding carboxylic acids is 1. The van der Waals surface area contributed by atoms with Crippen LogP contribution >= 0.6 is 11.8 Å². The molecule has 1 N–H and O–H groups in total. The Hall–Kier alpha value is -1.99. The van der Waals surface area contributed by atoms with E-state index in [4.69, 9.17) is 0 Å². The van der Waals surface area contributed by atoms with Crippen molar-refractivity contribution < 1.29 is 4.79 Å². The Morgan fingerprint density at radius 3 is 3.00 bits per heavy atom. The zero-order chi connectivity index (χ0) is 13.7. The largest absolute Gasteiger partial charge is 0.361 e. The summed E-state index contributed by atoms with van der Waals surface area (Å²) in [7, 11) is 0. The van der Waals surface area contributed by atoms with E-state index in [0.717, 1.165) is 11.1 Å². The zero-order valence-corrected chi connectivity index (χ0v) is 11.3. The molecule has 3 nitrogen and oxygen atoms in total. The van der Waals surface area contributed by atoms with Gasteiger partial charge < -0.3 is 4.98 Å². The van der Waals surface area contributed by atoms with Gasteiger partial charge in [-0.3, -0.25) is 9.59 Å². The minimum absolute atomic E-state index is 0.00566. The first-order chi connectivity index (χ1) is 9.16. The number of aromatic amines is 1. The number of fused-ring (bicyclic) bond motifs is 1. The highest BCUT2D eigenvalue weighted by Crippen LogP contribution is 2.09. The molecule has 0 atom stereocenters. The van der Waals surface area contributed by atoms with Crippen molar-refractivity contribution in [1.82, 2.24) is 4.98 Å². The van der Waals surface area contributed by atoms with Crippen molar-refractivity contribution in [3.8, 4) is 11.8 Å². The fourth-order valence-electron chi connectivity index (χ4n) is 1.66. The molecule has 0 spiro atoms. The van der Waals surface area contributed by atoms with Gasteiger partial charge in [-0.1, -0.05) is 23.6 Å². The Balaban J connectivity index is 2.12. The third kappa shape index (κ3) is 3.73. The van der Waals surface area contributed by atoms with Crippen molar-refractivity contribution >= 4 is 27.8 Å². The summed E-state index contributed by atoms with van der Waals surface area (Å²) in [5.74, 6) is 6.77. The Morgan fingerprint density at radius 2 is 2.21 bits per heavy atom. The van der Waals surface area contributed by atoms with Crippen LogP contribution in [0.5, 0.6) is 0 Å². The standard InChI is InChI=1S/C15H13NO2S/c1-11(17)19-9-3-2-4-12-5-6-13-14(10-12)16-8-7-15(13)18/h5-8,10H,3,9H2,1H3,(H,16,18). The summed E-state index contributed by atoms with van der Waals surface area (Å²) in [6, 6.07) is 6.99. The van der Waals surface area contributed by atoms with Crippen molar-refractivity contribution in [3.05, 3.63) is 46.2 Å². The fraction of sp³-hybridized carbons (Fsp3) is 0.200. The van der Waals surface area contributed by atoms with Crippen LogP contribution in [0.1, 0.15) is 18.9 Å². The van der Waals surface area contributed by atoms with Crippen molar-refractivity contribution in [1.29, 1.82) is 0 Å². The molecule has 4 heteroatoms. The van der Waals surface area contributed by atoms with Gasteiger partial charge in [0.1, 0.15) is 0 Å². The molecule has 0 saturated carbocycles. The monoisotopic (exact) mass is 271 g/mol. The Kier molecular flexibility index (Phi) is 4.43. The summed E-state index contributed by atoms with van der Waals surface area (Å²) in [5, 5.41) is 0.783. The molecule has 19 heavy (non-hydrogen) atoms. The lowest BCUT2D eigenvalue weighted by Crippen LogP contribution is -1.99. The predicted octanol–water partition coefficient (Wildman–Crippen LogP) is 2.55. The van der Waals surface area contributed by atoms with E-state index in [1.165, 1.54) is 17.8 Å². The summed E-state index contributed by atoms with van der Waals surface area (Å²) in [4.78, 5) is 25.3. The minimum atomic E-state index is 0.00566. The number of aromatic nitrogens is 1. The average Bonchev–Trinajstić information content (AvgIpc) is 2.38. The molecule has 1 aromatic heterocycles. The van der Waals surface area contributed by atoms with Crippen LogP contribution in [0.2, 0.25) is 0 Å². The normalized spacial score (nSPS) is 9.95. The highest BCUT2D eigenvalue weighted by Gasteiger charge is 1.97. The third-order valence-corrected chi connectivity index (χ3v) is 3.34. The summed E-state index contributed by atoms with van der Waals surface area (Å²) in [6.45, 7) is 1.55. The second kappa shape index (κ2) is 6.26. The van der Waals surface area contributed by atoms with E-state index < -0.39 is 0 Å². The van der Waals surface area contributed by atoms with Crippen LogP contribution in [-0.2, 0) is 4.79 Å². The summed E-state index contributed by atoms with van der Waals surface area (Å²) in [5.41, 5.74) is 1.66. The molecule has 96 valence electrons. The maximum Gasteiger partial charge on any atom is 0.189 e. The molecule has 1 aromatic carbocycles. The highest BCUT2D eigenvalue weighted by molar-refractivity contribution is 8.13. The molecule has 0 aliphatic heterocycles. The number of rotatable bonds is 2. The number of benzene rings is 1. The van der Waals surface area contributed by atoms with Gasteiger partial charge in [0.2, 0.25) is 0 Å². The van der Waals surface area contributed by atoms with Crippen LogP contribution in [0.4, 0.5) is 0 Å². The Bertz CT molecular complexity index is 722. The quantitative estimate of drug-likeness (QED) is 0.674. The van der Waals surface area contributed by atoms with Gasteiger partial charge >= 0.3 is 0 Å². The topological polar surface area (TPSA) is 49.9 Å². The molecule has 1 heterocycles. The van der Waals surface area contributed by atoms with Gasteiger partial charge in [0.15, 0.2) is 10.5 Å². The lowest BCUT2D eigenvalue weighted by atomic mass is 10.1. The number of H-pyrrole nitrogens is 1. The molecule has 0 bridgehead atoms. The maximum atomic E-state index is 11.6. The number of thioether (sulfide) groups is 1. The van der Waals surface area contributed by atoms with Crippen LogP contribution in [0.15, 0.2) is 35.3 Å². The molecular formula is C15H13NO2S. The van der Waals surface area contributed by atoms with Crippen molar-refractivity contribution in [2.75, 3.05) is 5.75 Å². The van der Waals surface area contributed by atoms with E-state index in [0.29, 0.717) is 17.6 Å². The lowest BCUT2D eigenvalue weighted by Gasteiger charge is -1.97. The van der Waals surface area contributed by atoms with E-state index in [9.17, 15) is 9.59 Å². The smallest absolute Gasteiger partial charge is 0.189 e. The molecule has 0 radical (unpaired) electrons. The third-order valence-electron chi connectivity index (χ3n) is 2.52. The Labute approximate surface area is 115 Å². The molecule has 0 amide bonds. The first kappa shape index (κ1) is 13.4. The van der Waals surface area contributed by atoms with Gasteiger partial charge in [-0.25, -0.2) is 0 Å². The van der Waals surface area contributed by atoms with Crippen LogP contribution in [0, 0.1) is 11.8 Å². The number of pyridine rings is 1. The van der Waals surface area contributed by atoms with Gasteiger partial charge in [-0.15, -0.1) is 0 Å². The van der Waals surface area contributed by atoms with E-state index in [-0.39, 0.29) is 10.5 Å². The second-order valence-electron chi connectivity index (χ2n) is 3.99. The van der Waals surface area contributed by atoms with E-state index in [1.54, 1.807) is 19.2 Å². The zero-order valence-electron chi connectivity index (χ0n) is 10.5. The lowest BCUT2D eigenvalue weighted by molar-refractivity contribution is -0.109. The maximum absolute atomic E-state index is 11.6. The van der Waals surface area contributed by atoms with Crippen LogP contribution in [0.3, 0.4) is 0 Å². The molecule has 2 rings (SSSR count). The van der Waals surface area contributed by atoms with E-state index in [1.807, 2.05) is 12.1 Å². The van der Waals surface area contributed by atoms with Crippen molar-refractivity contribution in [2.45, 2.75) is 13.3 Å². The molecule has 0 aliphatic rings. The number of nitrogens with one attached hydrogen (secondary N) is 1. The SMILES string of the molecule is CC(=O)SCCC#Cc1ccc2c(=O)cc[nH]c2c1. The predicted molar refractivity (Wildman–Crippen MR) is 79.2 cm³/mol. The first-order valence-corrected chi connectivity index (χ1v) is 6.89. The molecule has 0 aliphatic carbocycles. The van der Waals surface area contributed by atoms with Gasteiger partial charge in [-0.05, 0) is 18.2 Å².